The zero-order valence-corrected chi connectivity index (χ0v) is 14.8. The van der Waals surface area contributed by atoms with Crippen molar-refractivity contribution >= 4 is 27.6 Å². The fourth-order valence-corrected chi connectivity index (χ4v) is 3.05. The molecule has 2 aromatic carbocycles. The minimum absolute atomic E-state index is 0.233. The number of carbonyl (C=O) groups is 1. The molecule has 3 aromatic rings. The van der Waals surface area contributed by atoms with Crippen molar-refractivity contribution in [2.24, 2.45) is 0 Å². The van der Waals surface area contributed by atoms with Crippen LogP contribution in [0.4, 0.5) is 10.5 Å². The number of amides is 2. The highest BCUT2D eigenvalue weighted by molar-refractivity contribution is 9.10. The van der Waals surface area contributed by atoms with Crippen LogP contribution in [0.1, 0.15) is 18.4 Å². The Morgan fingerprint density at radius 3 is 2.64 bits per heavy atom. The van der Waals surface area contributed by atoms with Gasteiger partial charge in [0.05, 0.1) is 5.54 Å². The average Bonchev–Trinajstić information content (AvgIpc) is 3.17. The minimum atomic E-state index is -0.269. The van der Waals surface area contributed by atoms with Gasteiger partial charge >= 0.3 is 6.03 Å². The molecule has 0 radical (unpaired) electrons. The molecule has 0 saturated heterocycles. The smallest absolute Gasteiger partial charge is 0.319 e. The van der Waals surface area contributed by atoms with Crippen molar-refractivity contribution in [3.8, 4) is 11.5 Å². The summed E-state index contributed by atoms with van der Waals surface area (Å²) < 4.78 is 6.21. The summed E-state index contributed by atoms with van der Waals surface area (Å²) >= 11 is 3.43. The van der Waals surface area contributed by atoms with E-state index in [9.17, 15) is 4.79 Å². The number of anilines is 1. The molecule has 1 aliphatic rings. The third-order valence-corrected chi connectivity index (χ3v) is 4.76. The number of rotatable bonds is 4. The minimum Gasteiger partial charge on any atom is -0.423 e. The van der Waals surface area contributed by atoms with Crippen LogP contribution in [0, 0.1) is 0 Å². The molecular weight excluding hydrogens is 384 g/mol. The van der Waals surface area contributed by atoms with Gasteiger partial charge in [-0.25, -0.2) is 4.79 Å². The molecule has 2 amide bonds. The van der Waals surface area contributed by atoms with E-state index in [1.807, 2.05) is 42.5 Å². The highest BCUT2D eigenvalue weighted by Gasteiger charge is 2.45. The molecule has 25 heavy (non-hydrogen) atoms. The maximum Gasteiger partial charge on any atom is 0.319 e. The Bertz CT molecular complexity index is 890. The lowest BCUT2D eigenvalue weighted by atomic mass is 10.1. The predicted molar refractivity (Wildman–Crippen MR) is 96.9 cm³/mol. The third kappa shape index (κ3) is 3.41. The van der Waals surface area contributed by atoms with Gasteiger partial charge < -0.3 is 15.1 Å². The second kappa shape index (κ2) is 6.33. The van der Waals surface area contributed by atoms with Crippen LogP contribution in [0.3, 0.4) is 0 Å². The SMILES string of the molecule is O=C(Nc1cccc(-c2nnco2)c1)NC1(c2ccc(Br)cc2)CC1. The molecule has 1 aromatic heterocycles. The van der Waals surface area contributed by atoms with E-state index in [-0.39, 0.29) is 11.6 Å². The Labute approximate surface area is 152 Å². The number of hydrogen-bond acceptors (Lipinski definition) is 4. The Morgan fingerprint density at radius 2 is 1.96 bits per heavy atom. The predicted octanol–water partition coefficient (Wildman–Crippen LogP) is 4.31. The van der Waals surface area contributed by atoms with E-state index in [0.29, 0.717) is 11.6 Å². The number of benzene rings is 2. The van der Waals surface area contributed by atoms with Crippen molar-refractivity contribution in [1.82, 2.24) is 15.5 Å². The first kappa shape index (κ1) is 15.8. The summed E-state index contributed by atoms with van der Waals surface area (Å²) in [7, 11) is 0. The molecule has 2 N–H and O–H groups in total. The van der Waals surface area contributed by atoms with Gasteiger partial charge in [-0.05, 0) is 48.7 Å². The number of urea groups is 1. The zero-order chi connectivity index (χ0) is 17.3. The lowest BCUT2D eigenvalue weighted by molar-refractivity contribution is 0.247. The number of nitrogens with one attached hydrogen (secondary N) is 2. The van der Waals surface area contributed by atoms with Crippen molar-refractivity contribution in [3.05, 3.63) is 65.0 Å². The first-order chi connectivity index (χ1) is 12.1. The van der Waals surface area contributed by atoms with Gasteiger partial charge in [0, 0.05) is 15.7 Å². The van der Waals surface area contributed by atoms with E-state index in [1.165, 1.54) is 6.39 Å². The van der Waals surface area contributed by atoms with Gasteiger partial charge in [-0.3, -0.25) is 0 Å². The normalized spacial score (nSPS) is 14.8. The molecule has 1 saturated carbocycles. The molecule has 1 heterocycles. The lowest BCUT2D eigenvalue weighted by Crippen LogP contribution is -2.38. The summed E-state index contributed by atoms with van der Waals surface area (Å²) in [6.07, 6.45) is 3.14. The van der Waals surface area contributed by atoms with Crippen LogP contribution in [0.5, 0.6) is 0 Å². The molecule has 1 fully saturated rings. The van der Waals surface area contributed by atoms with E-state index in [1.54, 1.807) is 6.07 Å². The van der Waals surface area contributed by atoms with Crippen LogP contribution in [0.25, 0.3) is 11.5 Å². The maximum absolute atomic E-state index is 12.4. The number of carbonyl (C=O) groups excluding carboxylic acids is 1. The molecule has 1 aliphatic carbocycles. The lowest BCUT2D eigenvalue weighted by Gasteiger charge is -2.18. The Morgan fingerprint density at radius 1 is 1.16 bits per heavy atom. The van der Waals surface area contributed by atoms with Gasteiger partial charge in [-0.1, -0.05) is 34.1 Å². The molecule has 0 unspecified atom stereocenters. The summed E-state index contributed by atoms with van der Waals surface area (Å²) in [5.74, 6) is 0.414. The highest BCUT2D eigenvalue weighted by Crippen LogP contribution is 2.45. The molecule has 4 rings (SSSR count). The van der Waals surface area contributed by atoms with E-state index in [0.717, 1.165) is 28.4 Å². The van der Waals surface area contributed by atoms with E-state index in [2.05, 4.69) is 36.8 Å². The largest absolute Gasteiger partial charge is 0.423 e. The molecule has 0 atom stereocenters. The topological polar surface area (TPSA) is 80.1 Å². The first-order valence-corrected chi connectivity index (χ1v) is 8.66. The summed E-state index contributed by atoms with van der Waals surface area (Å²) in [4.78, 5) is 12.4. The van der Waals surface area contributed by atoms with Crippen molar-refractivity contribution < 1.29 is 9.21 Å². The third-order valence-electron chi connectivity index (χ3n) is 4.23. The second-order valence-electron chi connectivity index (χ2n) is 5.99. The van der Waals surface area contributed by atoms with Gasteiger partial charge in [-0.2, -0.15) is 0 Å². The fraction of sp³-hybridized carbons (Fsp3) is 0.167. The Hall–Kier alpha value is -2.67. The standard InChI is InChI=1S/C18H15BrN4O2/c19-14-6-4-13(5-7-14)18(8-9-18)22-17(24)21-15-3-1-2-12(10-15)16-23-20-11-25-16/h1-7,10-11H,8-9H2,(H2,21,22,24). The van der Waals surface area contributed by atoms with E-state index < -0.39 is 0 Å². The number of hydrogen-bond donors (Lipinski definition) is 2. The van der Waals surface area contributed by atoms with Crippen LogP contribution < -0.4 is 10.6 Å². The fourth-order valence-electron chi connectivity index (χ4n) is 2.79. The molecular formula is C18H15BrN4O2. The van der Waals surface area contributed by atoms with Gasteiger partial charge in [0.1, 0.15) is 0 Å². The van der Waals surface area contributed by atoms with Crippen LogP contribution in [-0.2, 0) is 5.54 Å². The van der Waals surface area contributed by atoms with Crippen LogP contribution in [-0.4, -0.2) is 16.2 Å². The molecule has 0 bridgehead atoms. The summed E-state index contributed by atoms with van der Waals surface area (Å²) in [6.45, 7) is 0. The molecule has 0 spiro atoms. The molecule has 126 valence electrons. The summed E-state index contributed by atoms with van der Waals surface area (Å²) in [5.41, 5.74) is 2.27. The number of nitrogens with zero attached hydrogens (tertiary/aromatic N) is 2. The van der Waals surface area contributed by atoms with E-state index >= 15 is 0 Å². The maximum atomic E-state index is 12.4. The van der Waals surface area contributed by atoms with E-state index in [4.69, 9.17) is 4.42 Å². The van der Waals surface area contributed by atoms with Crippen LogP contribution >= 0.6 is 15.9 Å². The number of aromatic nitrogens is 2. The van der Waals surface area contributed by atoms with Gasteiger partial charge in [-0.15, -0.1) is 10.2 Å². The van der Waals surface area contributed by atoms with Crippen LogP contribution in [0.15, 0.2) is 63.8 Å². The van der Waals surface area contributed by atoms with Gasteiger partial charge in [0.25, 0.3) is 0 Å². The van der Waals surface area contributed by atoms with Crippen molar-refractivity contribution in [3.63, 3.8) is 0 Å². The van der Waals surface area contributed by atoms with Crippen molar-refractivity contribution in [2.75, 3.05) is 5.32 Å². The Balaban J connectivity index is 1.46. The molecule has 7 heteroatoms. The molecule has 6 nitrogen and oxygen atoms in total. The van der Waals surface area contributed by atoms with Crippen LogP contribution in [0.2, 0.25) is 0 Å². The quantitative estimate of drug-likeness (QED) is 0.685. The van der Waals surface area contributed by atoms with Gasteiger partial charge in [0.2, 0.25) is 12.3 Å². The summed E-state index contributed by atoms with van der Waals surface area (Å²) in [6, 6.07) is 15.1. The summed E-state index contributed by atoms with van der Waals surface area (Å²) in [5, 5.41) is 13.5. The Kier molecular flexibility index (Phi) is 4.01. The van der Waals surface area contributed by atoms with Crippen molar-refractivity contribution in [1.29, 1.82) is 0 Å². The molecule has 0 aliphatic heterocycles. The average molecular weight is 399 g/mol. The second-order valence-corrected chi connectivity index (χ2v) is 6.91. The number of halogens is 1. The highest BCUT2D eigenvalue weighted by atomic mass is 79.9. The zero-order valence-electron chi connectivity index (χ0n) is 13.2. The monoisotopic (exact) mass is 398 g/mol. The first-order valence-electron chi connectivity index (χ1n) is 7.86. The van der Waals surface area contributed by atoms with Crippen molar-refractivity contribution in [2.45, 2.75) is 18.4 Å². The van der Waals surface area contributed by atoms with Gasteiger partial charge in [0.15, 0.2) is 0 Å².